The minimum Gasteiger partial charge on any atom is -0.369 e. The van der Waals surface area contributed by atoms with Crippen molar-refractivity contribution in [1.29, 1.82) is 0 Å². The average Bonchev–Trinajstić information content (AvgIpc) is 2.41. The summed E-state index contributed by atoms with van der Waals surface area (Å²) in [4.78, 5) is 20.3. The Kier molecular flexibility index (Phi) is 6.25. The molecule has 0 aliphatic rings. The normalized spacial score (nSPS) is 12.3. The van der Waals surface area contributed by atoms with Crippen molar-refractivity contribution in [2.24, 2.45) is 5.92 Å². The van der Waals surface area contributed by atoms with Crippen LogP contribution >= 0.6 is 0 Å². The summed E-state index contributed by atoms with van der Waals surface area (Å²) in [5.74, 6) is 1.03. The molecule has 106 valence electrons. The van der Waals surface area contributed by atoms with Crippen LogP contribution in [0, 0.1) is 5.92 Å². The Labute approximate surface area is 115 Å². The van der Waals surface area contributed by atoms with E-state index in [-0.39, 0.29) is 11.9 Å². The Hall–Kier alpha value is -1.65. The zero-order valence-corrected chi connectivity index (χ0v) is 12.2. The van der Waals surface area contributed by atoms with Gasteiger partial charge in [-0.05, 0) is 19.8 Å². The number of anilines is 1. The molecule has 2 N–H and O–H groups in total. The van der Waals surface area contributed by atoms with Gasteiger partial charge in [0.25, 0.3) is 5.91 Å². The Morgan fingerprint density at radius 2 is 1.89 bits per heavy atom. The molecule has 1 atom stereocenters. The van der Waals surface area contributed by atoms with E-state index in [1.807, 2.05) is 13.8 Å². The Balaban J connectivity index is 2.62. The smallest absolute Gasteiger partial charge is 0.271 e. The van der Waals surface area contributed by atoms with Gasteiger partial charge in [-0.1, -0.05) is 26.7 Å². The van der Waals surface area contributed by atoms with Gasteiger partial charge in [-0.15, -0.1) is 0 Å². The fourth-order valence-corrected chi connectivity index (χ4v) is 2.11. The molecule has 0 aliphatic heterocycles. The average molecular weight is 264 g/mol. The molecule has 1 rings (SSSR count). The summed E-state index contributed by atoms with van der Waals surface area (Å²) in [6, 6.07) is 0.151. The monoisotopic (exact) mass is 264 g/mol. The van der Waals surface area contributed by atoms with E-state index in [1.165, 1.54) is 6.20 Å². The van der Waals surface area contributed by atoms with E-state index in [4.69, 9.17) is 0 Å². The summed E-state index contributed by atoms with van der Waals surface area (Å²) >= 11 is 0. The van der Waals surface area contributed by atoms with Crippen LogP contribution in [-0.4, -0.2) is 28.5 Å². The number of hydrogen-bond acceptors (Lipinski definition) is 4. The van der Waals surface area contributed by atoms with Crippen molar-refractivity contribution in [3.8, 4) is 0 Å². The minimum absolute atomic E-state index is 0.151. The number of aromatic nitrogens is 2. The van der Waals surface area contributed by atoms with Gasteiger partial charge in [-0.2, -0.15) is 0 Å². The summed E-state index contributed by atoms with van der Waals surface area (Å²) in [6.45, 7) is 9.09. The molecule has 1 aromatic rings. The highest BCUT2D eigenvalue weighted by atomic mass is 16.1. The van der Waals surface area contributed by atoms with Crippen LogP contribution in [0.1, 0.15) is 51.0 Å². The van der Waals surface area contributed by atoms with Crippen molar-refractivity contribution >= 4 is 11.7 Å². The van der Waals surface area contributed by atoms with Gasteiger partial charge in [0, 0.05) is 12.6 Å². The SMILES string of the molecule is CCNc1cnc(C(=O)NC(C)C(CC)CC)cn1. The standard InChI is InChI=1S/C14H24N4O/c1-5-11(6-2)10(4)18-14(19)12-8-17-13(9-16-12)15-7-3/h8-11H,5-7H2,1-4H3,(H,15,17)(H,18,19). The summed E-state index contributed by atoms with van der Waals surface area (Å²) in [6.07, 6.45) is 5.21. The maximum Gasteiger partial charge on any atom is 0.271 e. The summed E-state index contributed by atoms with van der Waals surface area (Å²) in [7, 11) is 0. The maximum atomic E-state index is 12.0. The first-order valence-corrected chi connectivity index (χ1v) is 6.99. The molecule has 0 spiro atoms. The lowest BCUT2D eigenvalue weighted by molar-refractivity contribution is 0.0919. The molecule has 1 amide bonds. The molecule has 0 aliphatic carbocycles. The van der Waals surface area contributed by atoms with E-state index in [0.717, 1.165) is 19.4 Å². The molecule has 1 aromatic heterocycles. The molecule has 5 nitrogen and oxygen atoms in total. The van der Waals surface area contributed by atoms with Crippen LogP contribution in [0.2, 0.25) is 0 Å². The second-order valence-corrected chi connectivity index (χ2v) is 4.66. The highest BCUT2D eigenvalue weighted by Gasteiger charge is 2.17. The van der Waals surface area contributed by atoms with Gasteiger partial charge in [0.1, 0.15) is 11.5 Å². The number of nitrogens with one attached hydrogen (secondary N) is 2. The molecule has 0 bridgehead atoms. The lowest BCUT2D eigenvalue weighted by atomic mass is 9.95. The Morgan fingerprint density at radius 1 is 1.21 bits per heavy atom. The van der Waals surface area contributed by atoms with Crippen molar-refractivity contribution in [3.05, 3.63) is 18.1 Å². The number of carbonyl (C=O) groups excluding carboxylic acids is 1. The van der Waals surface area contributed by atoms with Crippen molar-refractivity contribution in [1.82, 2.24) is 15.3 Å². The third kappa shape index (κ3) is 4.50. The highest BCUT2D eigenvalue weighted by Crippen LogP contribution is 2.13. The van der Waals surface area contributed by atoms with Crippen LogP contribution in [0.4, 0.5) is 5.82 Å². The third-order valence-electron chi connectivity index (χ3n) is 3.36. The van der Waals surface area contributed by atoms with Crippen LogP contribution in [0.3, 0.4) is 0 Å². The topological polar surface area (TPSA) is 66.9 Å². The second kappa shape index (κ2) is 7.71. The number of carbonyl (C=O) groups is 1. The van der Waals surface area contributed by atoms with Gasteiger partial charge in [0.15, 0.2) is 0 Å². The largest absolute Gasteiger partial charge is 0.369 e. The predicted molar refractivity (Wildman–Crippen MR) is 77.2 cm³/mol. The number of rotatable bonds is 7. The maximum absolute atomic E-state index is 12.0. The van der Waals surface area contributed by atoms with Gasteiger partial charge in [-0.3, -0.25) is 4.79 Å². The lowest BCUT2D eigenvalue weighted by Gasteiger charge is -2.22. The first kappa shape index (κ1) is 15.4. The molecule has 0 radical (unpaired) electrons. The van der Waals surface area contributed by atoms with Crippen molar-refractivity contribution in [3.63, 3.8) is 0 Å². The van der Waals surface area contributed by atoms with Crippen molar-refractivity contribution in [2.75, 3.05) is 11.9 Å². The molecule has 5 heteroatoms. The predicted octanol–water partition coefficient (Wildman–Crippen LogP) is 2.46. The molecule has 0 saturated carbocycles. The molecule has 0 fully saturated rings. The summed E-state index contributed by atoms with van der Waals surface area (Å²) < 4.78 is 0. The number of hydrogen-bond donors (Lipinski definition) is 2. The molecular formula is C14H24N4O. The quantitative estimate of drug-likeness (QED) is 0.794. The molecule has 0 aromatic carbocycles. The Morgan fingerprint density at radius 3 is 2.37 bits per heavy atom. The van der Waals surface area contributed by atoms with E-state index < -0.39 is 0 Å². The molecular weight excluding hydrogens is 240 g/mol. The van der Waals surface area contributed by atoms with Gasteiger partial charge in [-0.25, -0.2) is 9.97 Å². The van der Waals surface area contributed by atoms with Crippen LogP contribution in [0.5, 0.6) is 0 Å². The fraction of sp³-hybridized carbons (Fsp3) is 0.643. The van der Waals surface area contributed by atoms with Gasteiger partial charge >= 0.3 is 0 Å². The zero-order valence-electron chi connectivity index (χ0n) is 12.2. The van der Waals surface area contributed by atoms with E-state index >= 15 is 0 Å². The molecule has 19 heavy (non-hydrogen) atoms. The van der Waals surface area contributed by atoms with E-state index in [0.29, 0.717) is 17.4 Å². The number of amides is 1. The Bertz CT molecular complexity index is 387. The number of nitrogens with zero attached hydrogens (tertiary/aromatic N) is 2. The zero-order chi connectivity index (χ0) is 14.3. The molecule has 1 unspecified atom stereocenters. The molecule has 1 heterocycles. The van der Waals surface area contributed by atoms with Crippen LogP contribution in [-0.2, 0) is 0 Å². The van der Waals surface area contributed by atoms with E-state index in [2.05, 4.69) is 34.4 Å². The first-order valence-electron chi connectivity index (χ1n) is 6.99. The van der Waals surface area contributed by atoms with Crippen LogP contribution in [0.25, 0.3) is 0 Å². The third-order valence-corrected chi connectivity index (χ3v) is 3.36. The van der Waals surface area contributed by atoms with Gasteiger partial charge < -0.3 is 10.6 Å². The summed E-state index contributed by atoms with van der Waals surface area (Å²) in [5.41, 5.74) is 0.361. The fourth-order valence-electron chi connectivity index (χ4n) is 2.11. The summed E-state index contributed by atoms with van der Waals surface area (Å²) in [5, 5.41) is 6.03. The lowest BCUT2D eigenvalue weighted by Crippen LogP contribution is -2.38. The second-order valence-electron chi connectivity index (χ2n) is 4.66. The van der Waals surface area contributed by atoms with Gasteiger partial charge in [0.05, 0.1) is 12.4 Å². The first-order chi connectivity index (χ1) is 9.12. The van der Waals surface area contributed by atoms with Gasteiger partial charge in [0.2, 0.25) is 0 Å². The highest BCUT2D eigenvalue weighted by molar-refractivity contribution is 5.92. The van der Waals surface area contributed by atoms with Crippen molar-refractivity contribution < 1.29 is 4.79 Å². The minimum atomic E-state index is -0.157. The van der Waals surface area contributed by atoms with Crippen LogP contribution in [0.15, 0.2) is 12.4 Å². The van der Waals surface area contributed by atoms with Crippen molar-refractivity contribution in [2.45, 2.75) is 46.6 Å². The van der Waals surface area contributed by atoms with E-state index in [1.54, 1.807) is 6.20 Å². The van der Waals surface area contributed by atoms with E-state index in [9.17, 15) is 4.79 Å². The molecule has 0 saturated heterocycles. The van der Waals surface area contributed by atoms with Crippen LogP contribution < -0.4 is 10.6 Å².